The van der Waals surface area contributed by atoms with Crippen LogP contribution in [-0.4, -0.2) is 46.1 Å². The topological polar surface area (TPSA) is 94.6 Å². The van der Waals surface area contributed by atoms with E-state index >= 15 is 0 Å². The molecular weight excluding hydrogens is 416 g/mol. The minimum absolute atomic E-state index is 0.0448. The Hall–Kier alpha value is -2.77. The maximum absolute atomic E-state index is 13.8. The summed E-state index contributed by atoms with van der Waals surface area (Å²) in [6, 6.07) is 9.84. The van der Waals surface area contributed by atoms with Crippen molar-refractivity contribution in [1.29, 1.82) is 0 Å². The predicted molar refractivity (Wildman–Crippen MR) is 130 cm³/mol. The van der Waals surface area contributed by atoms with Crippen molar-refractivity contribution in [1.82, 2.24) is 15.6 Å². The first kappa shape index (κ1) is 24.9. The number of anilines is 1. The molecule has 1 unspecified atom stereocenters. The van der Waals surface area contributed by atoms with Crippen LogP contribution in [0, 0.1) is 0 Å². The van der Waals surface area contributed by atoms with Gasteiger partial charge in [-0.25, -0.2) is 0 Å². The monoisotopic (exact) mass is 452 g/mol. The third-order valence-electron chi connectivity index (χ3n) is 5.66. The molecule has 1 aliphatic heterocycles. The average molecular weight is 453 g/mol. The standard InChI is InChI=1S/C26H36N4O3/c1-25(2,3)18-9-11-19(12-10-18)30(24(33)21-14-20(31)16-28-21)22(17-8-7-13-27-15-17)23(32)29-26(4,5)6/h7-13,15,20-22,28,31H,14,16H2,1-6H3,(H,29,32)/t20-,21+,22?/m0/s1. The van der Waals surface area contributed by atoms with Crippen molar-refractivity contribution in [3.8, 4) is 0 Å². The number of carbonyl (C=O) groups is 2. The van der Waals surface area contributed by atoms with E-state index in [-0.39, 0.29) is 17.2 Å². The summed E-state index contributed by atoms with van der Waals surface area (Å²) in [7, 11) is 0. The van der Waals surface area contributed by atoms with Crippen molar-refractivity contribution >= 4 is 17.5 Å². The lowest BCUT2D eigenvalue weighted by Crippen LogP contribution is -2.52. The second-order valence-corrected chi connectivity index (χ2v) is 10.8. The Morgan fingerprint density at radius 2 is 1.79 bits per heavy atom. The van der Waals surface area contributed by atoms with Gasteiger partial charge in [-0.05, 0) is 56.4 Å². The average Bonchev–Trinajstić information content (AvgIpc) is 3.16. The van der Waals surface area contributed by atoms with Gasteiger partial charge >= 0.3 is 0 Å². The molecule has 0 aliphatic carbocycles. The number of carbonyl (C=O) groups excluding carboxylic acids is 2. The van der Waals surface area contributed by atoms with Crippen molar-refractivity contribution in [2.45, 2.75) is 77.1 Å². The van der Waals surface area contributed by atoms with Crippen LogP contribution in [0.5, 0.6) is 0 Å². The summed E-state index contributed by atoms with van der Waals surface area (Å²) in [5.41, 5.74) is 1.84. The van der Waals surface area contributed by atoms with Crippen molar-refractivity contribution < 1.29 is 14.7 Å². The van der Waals surface area contributed by atoms with Crippen LogP contribution in [0.25, 0.3) is 0 Å². The molecule has 0 bridgehead atoms. The number of hydrogen-bond acceptors (Lipinski definition) is 5. The summed E-state index contributed by atoms with van der Waals surface area (Å²) in [5, 5.41) is 16.1. The van der Waals surface area contributed by atoms with E-state index in [1.54, 1.807) is 29.4 Å². The highest BCUT2D eigenvalue weighted by atomic mass is 16.3. The molecule has 1 fully saturated rings. The summed E-state index contributed by atoms with van der Waals surface area (Å²) < 4.78 is 0. The zero-order valence-corrected chi connectivity index (χ0v) is 20.4. The number of nitrogens with one attached hydrogen (secondary N) is 2. The van der Waals surface area contributed by atoms with Crippen LogP contribution in [0.4, 0.5) is 5.69 Å². The molecule has 178 valence electrons. The zero-order chi connectivity index (χ0) is 24.4. The Morgan fingerprint density at radius 3 is 2.27 bits per heavy atom. The molecule has 3 rings (SSSR count). The number of pyridine rings is 1. The Bertz CT molecular complexity index is 962. The minimum atomic E-state index is -0.912. The van der Waals surface area contributed by atoms with Gasteiger partial charge in [-0.2, -0.15) is 0 Å². The largest absolute Gasteiger partial charge is 0.392 e. The number of aromatic nitrogens is 1. The zero-order valence-electron chi connectivity index (χ0n) is 20.4. The van der Waals surface area contributed by atoms with E-state index in [1.165, 1.54) is 0 Å². The Balaban J connectivity index is 2.11. The molecule has 2 aromatic rings. The number of amides is 2. The summed E-state index contributed by atoms with van der Waals surface area (Å²) in [6.45, 7) is 12.5. The molecule has 1 aliphatic rings. The van der Waals surface area contributed by atoms with Gasteiger partial charge in [0.25, 0.3) is 0 Å². The Kier molecular flexibility index (Phi) is 7.24. The van der Waals surface area contributed by atoms with Crippen LogP contribution in [0.2, 0.25) is 0 Å². The van der Waals surface area contributed by atoms with Crippen molar-refractivity contribution in [3.63, 3.8) is 0 Å². The van der Waals surface area contributed by atoms with Crippen LogP contribution < -0.4 is 15.5 Å². The maximum Gasteiger partial charge on any atom is 0.248 e. The van der Waals surface area contributed by atoms with E-state index in [0.717, 1.165) is 5.56 Å². The third kappa shape index (κ3) is 6.18. The molecule has 0 spiro atoms. The van der Waals surface area contributed by atoms with Crippen LogP contribution in [-0.2, 0) is 15.0 Å². The van der Waals surface area contributed by atoms with Crippen LogP contribution in [0.15, 0.2) is 48.8 Å². The highest BCUT2D eigenvalue weighted by Crippen LogP contribution is 2.32. The third-order valence-corrected chi connectivity index (χ3v) is 5.66. The molecular formula is C26H36N4O3. The predicted octanol–water partition coefficient (Wildman–Crippen LogP) is 3.09. The molecule has 2 amide bonds. The number of benzene rings is 1. The lowest BCUT2D eigenvalue weighted by molar-refractivity contribution is -0.128. The van der Waals surface area contributed by atoms with Gasteiger partial charge in [0.2, 0.25) is 11.8 Å². The maximum atomic E-state index is 13.8. The fraction of sp³-hybridized carbons (Fsp3) is 0.500. The second kappa shape index (κ2) is 9.61. The Morgan fingerprint density at radius 1 is 1.12 bits per heavy atom. The van der Waals surface area contributed by atoms with Crippen molar-refractivity contribution in [2.24, 2.45) is 0 Å². The Labute approximate surface area is 196 Å². The van der Waals surface area contributed by atoms with E-state index < -0.39 is 23.7 Å². The van der Waals surface area contributed by atoms with Crippen LogP contribution >= 0.6 is 0 Å². The SMILES string of the molecule is CC(C)(C)NC(=O)C(c1cccnc1)N(C(=O)[C@H]1C[C@H](O)CN1)c1ccc(C(C)(C)C)cc1. The lowest BCUT2D eigenvalue weighted by Gasteiger charge is -2.35. The number of hydrogen-bond donors (Lipinski definition) is 3. The molecule has 0 saturated carbocycles. The van der Waals surface area contributed by atoms with Gasteiger partial charge in [-0.15, -0.1) is 0 Å². The van der Waals surface area contributed by atoms with Gasteiger partial charge in [-0.1, -0.05) is 39.0 Å². The van der Waals surface area contributed by atoms with Gasteiger partial charge in [0, 0.05) is 35.7 Å². The van der Waals surface area contributed by atoms with Gasteiger partial charge in [-0.3, -0.25) is 19.5 Å². The van der Waals surface area contributed by atoms with Crippen molar-refractivity contribution in [2.75, 3.05) is 11.4 Å². The summed E-state index contributed by atoms with van der Waals surface area (Å²) >= 11 is 0. The first-order chi connectivity index (χ1) is 15.4. The smallest absolute Gasteiger partial charge is 0.248 e. The van der Waals surface area contributed by atoms with Crippen LogP contribution in [0.1, 0.15) is 65.1 Å². The van der Waals surface area contributed by atoms with E-state index in [2.05, 4.69) is 36.4 Å². The number of β-amino-alcohol motifs (C(OH)–C–C–N with tert-alkyl or cyclic N) is 1. The molecule has 1 saturated heterocycles. The highest BCUT2D eigenvalue weighted by molar-refractivity contribution is 6.04. The van der Waals surface area contributed by atoms with Gasteiger partial charge in [0.05, 0.1) is 12.1 Å². The summed E-state index contributed by atoms with van der Waals surface area (Å²) in [5.74, 6) is -0.546. The van der Waals surface area contributed by atoms with E-state index in [4.69, 9.17) is 0 Å². The molecule has 3 atom stereocenters. The normalized spacial score (nSPS) is 19.7. The summed E-state index contributed by atoms with van der Waals surface area (Å²) in [6.07, 6.45) is 2.97. The fourth-order valence-corrected chi connectivity index (χ4v) is 3.99. The molecule has 1 aromatic heterocycles. The summed E-state index contributed by atoms with van der Waals surface area (Å²) in [4.78, 5) is 33.1. The van der Waals surface area contributed by atoms with E-state index in [1.807, 2.05) is 45.0 Å². The van der Waals surface area contributed by atoms with E-state index in [9.17, 15) is 14.7 Å². The molecule has 0 radical (unpaired) electrons. The van der Waals surface area contributed by atoms with Crippen LogP contribution in [0.3, 0.4) is 0 Å². The highest BCUT2D eigenvalue weighted by Gasteiger charge is 2.39. The van der Waals surface area contributed by atoms with Gasteiger partial charge < -0.3 is 15.7 Å². The lowest BCUT2D eigenvalue weighted by atomic mass is 9.87. The molecule has 2 heterocycles. The second-order valence-electron chi connectivity index (χ2n) is 10.8. The number of aliphatic hydroxyl groups is 1. The number of rotatable bonds is 5. The first-order valence-electron chi connectivity index (χ1n) is 11.4. The molecule has 3 N–H and O–H groups in total. The number of aliphatic hydroxyl groups excluding tert-OH is 1. The molecule has 1 aromatic carbocycles. The quantitative estimate of drug-likeness (QED) is 0.648. The fourth-order valence-electron chi connectivity index (χ4n) is 3.99. The number of nitrogens with zero attached hydrogens (tertiary/aromatic N) is 2. The van der Waals surface area contributed by atoms with Gasteiger partial charge in [0.1, 0.15) is 6.04 Å². The molecule has 33 heavy (non-hydrogen) atoms. The van der Waals surface area contributed by atoms with Gasteiger partial charge in [0.15, 0.2) is 0 Å². The first-order valence-corrected chi connectivity index (χ1v) is 11.4. The van der Waals surface area contributed by atoms with Crippen molar-refractivity contribution in [3.05, 3.63) is 59.9 Å². The van der Waals surface area contributed by atoms with E-state index in [0.29, 0.717) is 24.2 Å². The molecule has 7 heteroatoms. The minimum Gasteiger partial charge on any atom is -0.392 e. The molecule has 7 nitrogen and oxygen atoms in total.